The van der Waals surface area contributed by atoms with Crippen LogP contribution in [0.25, 0.3) is 0 Å². The number of nitrogens with zero attached hydrogens (tertiary/aromatic N) is 3. The van der Waals surface area contributed by atoms with Crippen LogP contribution in [0.1, 0.15) is 22.3 Å². The Balaban J connectivity index is 1.66. The van der Waals surface area contributed by atoms with Crippen molar-refractivity contribution in [2.45, 2.75) is 18.9 Å². The lowest BCUT2D eigenvalue weighted by atomic mass is 10.1. The van der Waals surface area contributed by atoms with Gasteiger partial charge in [0, 0.05) is 24.2 Å². The molecule has 3 aromatic carbocycles. The average Bonchev–Trinajstić information content (AvgIpc) is 3.14. The second-order valence-electron chi connectivity index (χ2n) is 7.81. The normalized spacial score (nSPS) is 15.4. The van der Waals surface area contributed by atoms with Crippen LogP contribution in [0, 0.1) is 15.9 Å². The van der Waals surface area contributed by atoms with Crippen molar-refractivity contribution < 1.29 is 23.7 Å². The second kappa shape index (κ2) is 9.62. The molecule has 1 unspecified atom stereocenters. The van der Waals surface area contributed by atoms with Gasteiger partial charge in [0.05, 0.1) is 17.0 Å². The van der Waals surface area contributed by atoms with Crippen LogP contribution >= 0.6 is 0 Å². The lowest BCUT2D eigenvalue weighted by Gasteiger charge is -2.28. The van der Waals surface area contributed by atoms with Crippen LogP contribution in [0.3, 0.4) is 0 Å². The third-order valence-corrected chi connectivity index (χ3v) is 5.63. The summed E-state index contributed by atoms with van der Waals surface area (Å²) in [5.74, 6) is -2.22. The van der Waals surface area contributed by atoms with Gasteiger partial charge in [-0.3, -0.25) is 24.5 Å². The zero-order chi connectivity index (χ0) is 24.2. The summed E-state index contributed by atoms with van der Waals surface area (Å²) in [7, 11) is 0. The van der Waals surface area contributed by atoms with E-state index in [-0.39, 0.29) is 29.9 Å². The molecule has 1 atom stereocenters. The van der Waals surface area contributed by atoms with E-state index < -0.39 is 34.5 Å². The molecule has 3 aromatic rings. The minimum Gasteiger partial charge on any atom is -0.326 e. The molecule has 1 aliphatic heterocycles. The standard InChI is InChI=1S/C25H20FN3O5/c26-19-9-11-20(12-10-19)28-23(30)16-22(25(28)32)27(14-13-17-5-2-1-3-6-17)24(31)18-7-4-8-21(15-18)29(33)34/h1-12,15,22H,13-14,16H2. The molecule has 0 saturated carbocycles. The molecular formula is C25H20FN3O5. The van der Waals surface area contributed by atoms with Gasteiger partial charge in [-0.1, -0.05) is 36.4 Å². The van der Waals surface area contributed by atoms with Gasteiger partial charge in [-0.25, -0.2) is 9.29 Å². The summed E-state index contributed by atoms with van der Waals surface area (Å²) in [6.45, 7) is 0.118. The zero-order valence-electron chi connectivity index (χ0n) is 18.0. The van der Waals surface area contributed by atoms with Gasteiger partial charge in [-0.05, 0) is 42.3 Å². The highest BCUT2D eigenvalue weighted by Crippen LogP contribution is 2.27. The predicted molar refractivity (Wildman–Crippen MR) is 122 cm³/mol. The molecule has 34 heavy (non-hydrogen) atoms. The second-order valence-corrected chi connectivity index (χ2v) is 7.81. The summed E-state index contributed by atoms with van der Waals surface area (Å²) in [4.78, 5) is 52.3. The number of nitro groups is 1. The molecule has 172 valence electrons. The van der Waals surface area contributed by atoms with E-state index in [0.717, 1.165) is 28.7 Å². The van der Waals surface area contributed by atoms with E-state index in [1.807, 2.05) is 30.3 Å². The van der Waals surface area contributed by atoms with Gasteiger partial charge in [0.1, 0.15) is 11.9 Å². The predicted octanol–water partition coefficient (Wildman–Crippen LogP) is 3.75. The SMILES string of the molecule is O=C1CC(N(CCc2ccccc2)C(=O)c2cccc([N+](=O)[O-])c2)C(=O)N1c1ccc(F)cc1. The molecule has 0 aromatic heterocycles. The number of anilines is 1. The van der Waals surface area contributed by atoms with Crippen molar-refractivity contribution in [2.75, 3.05) is 11.4 Å². The first-order valence-corrected chi connectivity index (χ1v) is 10.6. The Morgan fingerprint density at radius 1 is 1.03 bits per heavy atom. The molecule has 0 N–H and O–H groups in total. The van der Waals surface area contributed by atoms with Crippen LogP contribution < -0.4 is 4.90 Å². The third-order valence-electron chi connectivity index (χ3n) is 5.63. The average molecular weight is 461 g/mol. The Labute approximate surface area is 194 Å². The number of hydrogen-bond donors (Lipinski definition) is 0. The molecule has 3 amide bonds. The van der Waals surface area contributed by atoms with Crippen molar-refractivity contribution in [1.82, 2.24) is 4.90 Å². The van der Waals surface area contributed by atoms with Crippen molar-refractivity contribution in [3.63, 3.8) is 0 Å². The van der Waals surface area contributed by atoms with Crippen molar-refractivity contribution in [3.05, 3.63) is 106 Å². The summed E-state index contributed by atoms with van der Waals surface area (Å²) in [5, 5.41) is 11.2. The Kier molecular flexibility index (Phi) is 6.44. The molecule has 0 spiro atoms. The van der Waals surface area contributed by atoms with E-state index in [0.29, 0.717) is 6.42 Å². The van der Waals surface area contributed by atoms with E-state index in [4.69, 9.17) is 0 Å². The Morgan fingerprint density at radius 2 is 1.74 bits per heavy atom. The molecule has 8 nitrogen and oxygen atoms in total. The molecule has 0 radical (unpaired) electrons. The molecule has 1 saturated heterocycles. The van der Waals surface area contributed by atoms with E-state index in [2.05, 4.69) is 0 Å². The van der Waals surface area contributed by atoms with Crippen LogP contribution in [0.2, 0.25) is 0 Å². The van der Waals surface area contributed by atoms with Crippen molar-refractivity contribution in [3.8, 4) is 0 Å². The molecule has 4 rings (SSSR count). The lowest BCUT2D eigenvalue weighted by Crippen LogP contribution is -2.46. The van der Waals surface area contributed by atoms with E-state index >= 15 is 0 Å². The highest BCUT2D eigenvalue weighted by molar-refractivity contribution is 6.23. The summed E-state index contributed by atoms with van der Waals surface area (Å²) in [6.07, 6.45) is 0.168. The van der Waals surface area contributed by atoms with Gasteiger partial charge in [0.2, 0.25) is 5.91 Å². The highest BCUT2D eigenvalue weighted by atomic mass is 19.1. The van der Waals surface area contributed by atoms with Gasteiger partial charge in [-0.2, -0.15) is 0 Å². The molecule has 1 aliphatic rings. The molecule has 1 fully saturated rings. The molecule has 1 heterocycles. The number of carbonyl (C=O) groups is 3. The molecule has 0 aliphatic carbocycles. The van der Waals surface area contributed by atoms with Crippen LogP contribution in [0.4, 0.5) is 15.8 Å². The fourth-order valence-electron chi connectivity index (χ4n) is 3.93. The lowest BCUT2D eigenvalue weighted by molar-refractivity contribution is -0.384. The van der Waals surface area contributed by atoms with Crippen LogP contribution in [-0.4, -0.2) is 40.1 Å². The van der Waals surface area contributed by atoms with Gasteiger partial charge in [0.15, 0.2) is 0 Å². The maximum atomic E-state index is 13.4. The first kappa shape index (κ1) is 22.8. The zero-order valence-corrected chi connectivity index (χ0v) is 18.0. The monoisotopic (exact) mass is 461 g/mol. The van der Waals surface area contributed by atoms with Crippen molar-refractivity contribution in [1.29, 1.82) is 0 Å². The first-order chi connectivity index (χ1) is 16.3. The van der Waals surface area contributed by atoms with Gasteiger partial charge >= 0.3 is 0 Å². The number of non-ortho nitro benzene ring substituents is 1. The minimum atomic E-state index is -1.09. The highest BCUT2D eigenvalue weighted by Gasteiger charge is 2.44. The Bertz CT molecular complexity index is 1250. The number of amides is 3. The maximum absolute atomic E-state index is 13.4. The minimum absolute atomic E-state index is 0.0442. The van der Waals surface area contributed by atoms with E-state index in [1.165, 1.54) is 35.2 Å². The Hall–Kier alpha value is -4.40. The molecule has 0 bridgehead atoms. The number of rotatable bonds is 7. The van der Waals surface area contributed by atoms with Crippen molar-refractivity contribution in [2.24, 2.45) is 0 Å². The van der Waals surface area contributed by atoms with Crippen LogP contribution in [0.15, 0.2) is 78.9 Å². The quantitative estimate of drug-likeness (QED) is 0.303. The van der Waals surface area contributed by atoms with Gasteiger partial charge in [-0.15, -0.1) is 0 Å². The summed E-state index contributed by atoms with van der Waals surface area (Å²) >= 11 is 0. The summed E-state index contributed by atoms with van der Waals surface area (Å²) in [6, 6.07) is 18.4. The van der Waals surface area contributed by atoms with E-state index in [9.17, 15) is 28.9 Å². The largest absolute Gasteiger partial charge is 0.326 e. The van der Waals surface area contributed by atoms with E-state index in [1.54, 1.807) is 0 Å². The topological polar surface area (TPSA) is 101 Å². The number of nitro benzene ring substituents is 1. The first-order valence-electron chi connectivity index (χ1n) is 10.6. The third kappa shape index (κ3) is 4.68. The number of imide groups is 1. The van der Waals surface area contributed by atoms with Gasteiger partial charge < -0.3 is 4.90 Å². The number of halogens is 1. The summed E-state index contributed by atoms with van der Waals surface area (Å²) in [5.41, 5.74) is 0.926. The number of hydrogen-bond acceptors (Lipinski definition) is 5. The number of carbonyl (C=O) groups excluding carboxylic acids is 3. The summed E-state index contributed by atoms with van der Waals surface area (Å²) < 4.78 is 13.3. The Morgan fingerprint density at radius 3 is 2.41 bits per heavy atom. The fourth-order valence-corrected chi connectivity index (χ4v) is 3.93. The van der Waals surface area contributed by atoms with Gasteiger partial charge in [0.25, 0.3) is 17.5 Å². The number of benzene rings is 3. The smallest absolute Gasteiger partial charge is 0.270 e. The maximum Gasteiger partial charge on any atom is 0.270 e. The van der Waals surface area contributed by atoms with Crippen molar-refractivity contribution >= 4 is 29.1 Å². The molecule has 9 heteroatoms. The molecular weight excluding hydrogens is 441 g/mol. The van der Waals surface area contributed by atoms with Crippen LogP contribution in [-0.2, 0) is 16.0 Å². The van der Waals surface area contributed by atoms with Crippen LogP contribution in [0.5, 0.6) is 0 Å². The fraction of sp³-hybridized carbons (Fsp3) is 0.160.